The Hall–Kier alpha value is -2.10. The minimum Gasteiger partial charge on any atom is -0.515 e. The van der Waals surface area contributed by atoms with Gasteiger partial charge in [0.25, 0.3) is 5.91 Å². The van der Waals surface area contributed by atoms with E-state index in [0.717, 1.165) is 48.3 Å². The monoisotopic (exact) mass is 552 g/mol. The molecule has 0 aromatic heterocycles. The van der Waals surface area contributed by atoms with Gasteiger partial charge in [0.15, 0.2) is 0 Å². The number of unbranched alkanes of at least 4 members (excludes halogenated alkanes) is 2. The number of anilines is 1. The van der Waals surface area contributed by atoms with E-state index in [-0.39, 0.29) is 29.6 Å². The molecule has 0 radical (unpaired) electrons. The van der Waals surface area contributed by atoms with E-state index in [1.807, 2.05) is 30.3 Å². The molecule has 0 bridgehead atoms. The highest BCUT2D eigenvalue weighted by Crippen LogP contribution is 2.25. The molecule has 0 aliphatic heterocycles. The Morgan fingerprint density at radius 1 is 1.00 bits per heavy atom. The highest BCUT2D eigenvalue weighted by Gasteiger charge is 2.11. The van der Waals surface area contributed by atoms with E-state index in [1.54, 1.807) is 39.8 Å². The molecule has 2 rings (SSSR count). The summed E-state index contributed by atoms with van der Waals surface area (Å²) in [7, 11) is 3.45. The number of hydrogen-bond donors (Lipinski definition) is 4. The number of para-hydroxylation sites is 1. The van der Waals surface area contributed by atoms with Crippen molar-refractivity contribution in [3.05, 3.63) is 70.4 Å². The second kappa shape index (κ2) is 15.7. The summed E-state index contributed by atoms with van der Waals surface area (Å²) < 4.78 is 0.543. The number of rotatable bonds is 14. The molecular weight excluding hydrogens is 524 g/mol. The number of aliphatic hydroxyl groups excluding tert-OH is 1. The molecule has 0 heterocycles. The quantitative estimate of drug-likeness (QED) is 0.102. The molecule has 2 aromatic carbocycles. The number of benzene rings is 2. The van der Waals surface area contributed by atoms with Crippen LogP contribution in [-0.2, 0) is 16.0 Å². The van der Waals surface area contributed by atoms with Crippen LogP contribution in [0.25, 0.3) is 0 Å². The number of carbonyl (C=O) groups excluding carboxylic acids is 2. The number of halogens is 1. The van der Waals surface area contributed by atoms with Gasteiger partial charge in [0.1, 0.15) is 5.75 Å². The average molecular weight is 554 g/mol. The van der Waals surface area contributed by atoms with Crippen molar-refractivity contribution in [1.29, 1.82) is 0 Å². The van der Waals surface area contributed by atoms with E-state index in [1.165, 1.54) is 0 Å². The average Bonchev–Trinajstić information content (AvgIpc) is 2.81. The number of amides is 2. The Morgan fingerprint density at radius 3 is 2.48 bits per heavy atom. The van der Waals surface area contributed by atoms with Gasteiger partial charge in [0.2, 0.25) is 5.91 Å². The Morgan fingerprint density at radius 2 is 1.76 bits per heavy atom. The first-order chi connectivity index (χ1) is 16.0. The van der Waals surface area contributed by atoms with Crippen molar-refractivity contribution in [3.63, 3.8) is 0 Å². The van der Waals surface area contributed by atoms with Gasteiger partial charge in [0.05, 0.1) is 16.3 Å². The van der Waals surface area contributed by atoms with Gasteiger partial charge in [-0.05, 0) is 58.6 Å². The predicted octanol–water partition coefficient (Wildman–Crippen LogP) is 5.84. The molecule has 33 heavy (non-hydrogen) atoms. The van der Waals surface area contributed by atoms with Crippen molar-refractivity contribution in [2.75, 3.05) is 23.4 Å². The first-order valence-electron chi connectivity index (χ1n) is 10.7. The third-order valence-corrected chi connectivity index (χ3v) is 7.73. The molecule has 0 fully saturated rings. The van der Waals surface area contributed by atoms with E-state index >= 15 is 0 Å². The van der Waals surface area contributed by atoms with Gasteiger partial charge >= 0.3 is 0 Å². The molecule has 0 aliphatic rings. The van der Waals surface area contributed by atoms with Gasteiger partial charge in [-0.1, -0.05) is 52.3 Å². The molecule has 4 N–H and O–H groups in total. The first kappa shape index (κ1) is 27.1. The van der Waals surface area contributed by atoms with E-state index in [9.17, 15) is 19.8 Å². The van der Waals surface area contributed by atoms with E-state index < -0.39 is 0 Å². The number of phenolic OH excluding ortho intramolecular Hbond substituents is 1. The lowest BCUT2D eigenvalue weighted by molar-refractivity contribution is -0.118. The SMILES string of the molecule is O=C(CCCCCSSCCNC(=O)/C(=C/O)Cc1ccc(O)c(Br)c1)Nc1ccccc1. The molecule has 0 atom stereocenters. The van der Waals surface area contributed by atoms with Crippen LogP contribution in [0.4, 0.5) is 5.69 Å². The van der Waals surface area contributed by atoms with Crippen LogP contribution >= 0.6 is 37.5 Å². The van der Waals surface area contributed by atoms with Crippen molar-refractivity contribution in [2.24, 2.45) is 0 Å². The smallest absolute Gasteiger partial charge is 0.250 e. The van der Waals surface area contributed by atoms with E-state index in [4.69, 9.17) is 0 Å². The van der Waals surface area contributed by atoms with Crippen molar-refractivity contribution in [2.45, 2.75) is 32.1 Å². The fourth-order valence-electron chi connectivity index (χ4n) is 2.87. The van der Waals surface area contributed by atoms with Crippen LogP contribution in [-0.4, -0.2) is 40.1 Å². The van der Waals surface area contributed by atoms with Crippen LogP contribution in [0, 0.1) is 0 Å². The fraction of sp³-hybridized carbons (Fsp3) is 0.333. The second-order valence-electron chi connectivity index (χ2n) is 7.24. The van der Waals surface area contributed by atoms with Crippen molar-refractivity contribution in [1.82, 2.24) is 5.32 Å². The summed E-state index contributed by atoms with van der Waals surface area (Å²) in [6, 6.07) is 14.4. The van der Waals surface area contributed by atoms with Gasteiger partial charge in [0, 0.05) is 36.6 Å². The van der Waals surface area contributed by atoms with Crippen LogP contribution in [0.5, 0.6) is 5.75 Å². The lowest BCUT2D eigenvalue weighted by Gasteiger charge is -2.09. The lowest BCUT2D eigenvalue weighted by atomic mass is 10.1. The van der Waals surface area contributed by atoms with Crippen LogP contribution in [0.3, 0.4) is 0 Å². The molecule has 2 amide bonds. The van der Waals surface area contributed by atoms with E-state index in [0.29, 0.717) is 17.4 Å². The Kier molecular flexibility index (Phi) is 12.9. The van der Waals surface area contributed by atoms with Gasteiger partial charge < -0.3 is 20.8 Å². The Bertz CT molecular complexity index is 926. The number of aliphatic hydroxyl groups is 1. The highest BCUT2D eigenvalue weighted by atomic mass is 79.9. The summed E-state index contributed by atoms with van der Waals surface area (Å²) in [5.41, 5.74) is 1.90. The zero-order chi connectivity index (χ0) is 23.9. The zero-order valence-corrected chi connectivity index (χ0v) is 21.5. The highest BCUT2D eigenvalue weighted by molar-refractivity contribution is 9.10. The summed E-state index contributed by atoms with van der Waals surface area (Å²) in [6.45, 7) is 0.507. The Balaban J connectivity index is 1.49. The van der Waals surface area contributed by atoms with Crippen LogP contribution in [0.15, 0.2) is 64.8 Å². The number of hydrogen-bond acceptors (Lipinski definition) is 6. The molecule has 0 saturated carbocycles. The number of phenols is 1. The second-order valence-corrected chi connectivity index (χ2v) is 10.8. The van der Waals surface area contributed by atoms with Gasteiger partial charge in [-0.15, -0.1) is 0 Å². The molecule has 0 spiro atoms. The third kappa shape index (κ3) is 11.0. The molecule has 178 valence electrons. The maximum Gasteiger partial charge on any atom is 0.250 e. The van der Waals surface area contributed by atoms with E-state index in [2.05, 4.69) is 26.6 Å². The van der Waals surface area contributed by atoms with Crippen molar-refractivity contribution < 1.29 is 19.8 Å². The zero-order valence-electron chi connectivity index (χ0n) is 18.3. The molecule has 9 heteroatoms. The fourth-order valence-corrected chi connectivity index (χ4v) is 5.35. The van der Waals surface area contributed by atoms with Crippen LogP contribution < -0.4 is 10.6 Å². The summed E-state index contributed by atoms with van der Waals surface area (Å²) in [6.07, 6.45) is 4.55. The minimum atomic E-state index is -0.305. The largest absolute Gasteiger partial charge is 0.515 e. The predicted molar refractivity (Wildman–Crippen MR) is 142 cm³/mol. The molecule has 6 nitrogen and oxygen atoms in total. The number of aromatic hydroxyl groups is 1. The lowest BCUT2D eigenvalue weighted by Crippen LogP contribution is -2.28. The Labute approximate surface area is 211 Å². The summed E-state index contributed by atoms with van der Waals surface area (Å²) in [5, 5.41) is 24.7. The van der Waals surface area contributed by atoms with Gasteiger partial charge in [-0.25, -0.2) is 0 Å². The molecule has 0 unspecified atom stereocenters. The molecular formula is C24H29BrN2O4S2. The first-order valence-corrected chi connectivity index (χ1v) is 14.0. The third-order valence-electron chi connectivity index (χ3n) is 4.60. The summed E-state index contributed by atoms with van der Waals surface area (Å²) in [4.78, 5) is 24.1. The standard InChI is InChI=1S/C24H29BrN2O4S2/c25-21-16-18(10-11-22(21)29)15-19(17-28)24(31)26-12-14-33-32-13-6-2-5-9-23(30)27-20-7-3-1-4-8-20/h1,3-4,7-8,10-11,16-17,28-29H,2,5-6,9,12-15H2,(H,26,31)(H,27,30)/b19-17+. The van der Waals surface area contributed by atoms with Crippen molar-refractivity contribution >= 4 is 55.0 Å². The summed E-state index contributed by atoms with van der Waals surface area (Å²) in [5.74, 6) is 1.63. The van der Waals surface area contributed by atoms with Gasteiger partial charge in [-0.2, -0.15) is 0 Å². The molecule has 0 aliphatic carbocycles. The maximum absolute atomic E-state index is 12.3. The topological polar surface area (TPSA) is 98.7 Å². The normalized spacial score (nSPS) is 11.2. The minimum absolute atomic E-state index is 0.0494. The van der Waals surface area contributed by atoms with Crippen LogP contribution in [0.2, 0.25) is 0 Å². The summed E-state index contributed by atoms with van der Waals surface area (Å²) >= 11 is 3.24. The number of nitrogens with one attached hydrogen (secondary N) is 2. The van der Waals surface area contributed by atoms with Crippen LogP contribution in [0.1, 0.15) is 31.2 Å². The van der Waals surface area contributed by atoms with Gasteiger partial charge in [-0.3, -0.25) is 9.59 Å². The molecule has 0 saturated heterocycles. The van der Waals surface area contributed by atoms with Crippen molar-refractivity contribution in [3.8, 4) is 5.75 Å². The maximum atomic E-state index is 12.3. The number of carbonyl (C=O) groups is 2. The molecule has 2 aromatic rings.